The van der Waals surface area contributed by atoms with Crippen molar-refractivity contribution in [2.75, 3.05) is 63.9 Å². The topological polar surface area (TPSA) is 236 Å². The monoisotopic (exact) mass is 1110 g/mol. The van der Waals surface area contributed by atoms with Gasteiger partial charge in [-0.25, -0.2) is 27.2 Å². The molecule has 2 aliphatic rings. The minimum Gasteiger partial charge on any atom is -0.381 e. The quantitative estimate of drug-likeness (QED) is 0.0522. The molecule has 4 amide bonds. The molecular weight excluding hydrogens is 1050 g/mol. The van der Waals surface area contributed by atoms with E-state index in [4.69, 9.17) is 14.2 Å². The molecule has 0 bridgehead atoms. The van der Waals surface area contributed by atoms with Gasteiger partial charge in [0.2, 0.25) is 17.7 Å². The molecule has 8 rings (SSSR count). The third-order valence-electron chi connectivity index (χ3n) is 13.5. The third-order valence-corrected chi connectivity index (χ3v) is 15.3. The number of benzene rings is 2. The molecule has 0 spiro atoms. The second-order valence-corrected chi connectivity index (χ2v) is 23.6. The Balaban J connectivity index is 0.757. The highest BCUT2D eigenvalue weighted by molar-refractivity contribution is 7.89. The molecule has 1 saturated heterocycles. The van der Waals surface area contributed by atoms with Crippen molar-refractivity contribution in [1.29, 1.82) is 0 Å². The molecule has 6 aromatic rings. The average molecular weight is 1110 g/mol. The Kier molecular flexibility index (Phi) is 18.2. The van der Waals surface area contributed by atoms with Crippen molar-refractivity contribution in [2.45, 2.75) is 84.3 Å². The van der Waals surface area contributed by atoms with Crippen LogP contribution in [0.15, 0.2) is 71.4 Å². The first-order valence-corrected chi connectivity index (χ1v) is 28.6. The second-order valence-electron chi connectivity index (χ2n) is 20.6. The standard InChI is InChI=1S/C55H65F2N9O10S2/c1-33-48(77-32-62-33)35-13-11-34(12-14-35)25-61-52(69)43-10-7-16-65(43)54(71)49(55(2,3)4)63-45(67)30-76-20-9-18-74-17-8-19-75-21-15-58-51(68)39-24-44-40(22-36(39)31-78(6,72)73)41-29-64(5)53(70)47-46(41)37(26-59-47)28-66(44)50-42(57)23-38(56)27-60-50/h11-14,22-24,26-27,29,32,43,49,59H,7-10,15-21,25,28,30-31H2,1-6H3,(H,58,68)(H,61,69)(H,63,67). The van der Waals surface area contributed by atoms with E-state index in [-0.39, 0.29) is 78.4 Å². The number of likely N-dealkylation sites (tertiary alicyclic amines) is 1. The van der Waals surface area contributed by atoms with E-state index in [1.165, 1.54) is 15.5 Å². The Morgan fingerprint density at radius 2 is 1.67 bits per heavy atom. The van der Waals surface area contributed by atoms with Crippen LogP contribution < -0.4 is 26.4 Å². The highest BCUT2D eigenvalue weighted by Gasteiger charge is 2.42. The number of amides is 4. The van der Waals surface area contributed by atoms with Gasteiger partial charge in [-0.1, -0.05) is 45.0 Å². The number of halogens is 2. The molecule has 0 radical (unpaired) electrons. The van der Waals surface area contributed by atoms with Crippen LogP contribution in [0.25, 0.3) is 32.5 Å². The number of carbonyl (C=O) groups is 4. The number of nitrogens with one attached hydrogen (secondary N) is 4. The molecule has 4 aromatic heterocycles. The predicted molar refractivity (Wildman–Crippen MR) is 292 cm³/mol. The van der Waals surface area contributed by atoms with Crippen LogP contribution in [0.4, 0.5) is 20.3 Å². The van der Waals surface area contributed by atoms with E-state index < -0.39 is 56.5 Å². The van der Waals surface area contributed by atoms with Gasteiger partial charge in [-0.2, -0.15) is 0 Å². The number of rotatable bonds is 23. The van der Waals surface area contributed by atoms with Gasteiger partial charge < -0.3 is 49.5 Å². The summed E-state index contributed by atoms with van der Waals surface area (Å²) < 4.78 is 73.5. The van der Waals surface area contributed by atoms with Gasteiger partial charge in [0, 0.05) is 99.9 Å². The van der Waals surface area contributed by atoms with Crippen LogP contribution in [-0.2, 0) is 64.3 Å². The zero-order valence-corrected chi connectivity index (χ0v) is 46.1. The van der Waals surface area contributed by atoms with Crippen LogP contribution in [0.3, 0.4) is 0 Å². The summed E-state index contributed by atoms with van der Waals surface area (Å²) >= 11 is 1.58. The Morgan fingerprint density at radius 3 is 2.35 bits per heavy atom. The van der Waals surface area contributed by atoms with Crippen LogP contribution >= 0.6 is 11.3 Å². The lowest BCUT2D eigenvalue weighted by Gasteiger charge is -2.35. The minimum absolute atomic E-state index is 0.00858. The summed E-state index contributed by atoms with van der Waals surface area (Å²) in [5, 5.41) is 9.17. The molecule has 0 saturated carbocycles. The molecule has 2 aromatic carbocycles. The maximum absolute atomic E-state index is 15.5. The minimum atomic E-state index is -3.69. The van der Waals surface area contributed by atoms with E-state index in [0.717, 1.165) is 34.2 Å². The number of hydrogen-bond donors (Lipinski definition) is 4. The van der Waals surface area contributed by atoms with E-state index >= 15 is 4.39 Å². The normalized spacial score (nSPS) is 14.8. The predicted octanol–water partition coefficient (Wildman–Crippen LogP) is 6.23. The molecule has 6 heterocycles. The fourth-order valence-electron chi connectivity index (χ4n) is 9.71. The number of aromatic nitrogens is 4. The zero-order chi connectivity index (χ0) is 55.9. The Hall–Kier alpha value is -6.92. The van der Waals surface area contributed by atoms with Gasteiger partial charge in [0.15, 0.2) is 21.5 Å². The van der Waals surface area contributed by atoms with E-state index in [2.05, 4.69) is 30.9 Å². The first kappa shape index (κ1) is 57.3. The van der Waals surface area contributed by atoms with E-state index in [1.807, 2.05) is 57.5 Å². The molecule has 23 heteroatoms. The summed E-state index contributed by atoms with van der Waals surface area (Å²) in [6.07, 6.45) is 7.36. The summed E-state index contributed by atoms with van der Waals surface area (Å²) in [6, 6.07) is 10.1. The lowest BCUT2D eigenvalue weighted by atomic mass is 9.85. The van der Waals surface area contributed by atoms with Crippen molar-refractivity contribution in [3.05, 3.63) is 117 Å². The lowest BCUT2D eigenvalue weighted by Crippen LogP contribution is -2.58. The number of anilines is 2. The van der Waals surface area contributed by atoms with Crippen molar-refractivity contribution in [1.82, 2.24) is 40.4 Å². The Labute approximate surface area is 455 Å². The maximum atomic E-state index is 15.5. The number of ether oxygens (including phenoxy) is 3. The number of nitrogens with zero attached hydrogens (tertiary/aromatic N) is 5. The molecule has 416 valence electrons. The molecule has 2 unspecified atom stereocenters. The first-order valence-electron chi connectivity index (χ1n) is 25.7. The molecular formula is C55H65F2N9O10S2. The summed E-state index contributed by atoms with van der Waals surface area (Å²) in [7, 11) is -2.12. The van der Waals surface area contributed by atoms with Crippen molar-refractivity contribution in [3.63, 3.8) is 0 Å². The number of carbonyl (C=O) groups excluding carboxylic acids is 4. The smallest absolute Gasteiger partial charge is 0.274 e. The van der Waals surface area contributed by atoms with Crippen LogP contribution in [0.2, 0.25) is 0 Å². The largest absolute Gasteiger partial charge is 0.381 e. The highest BCUT2D eigenvalue weighted by atomic mass is 32.2. The molecule has 4 N–H and O–H groups in total. The molecule has 2 atom stereocenters. The molecule has 2 aliphatic heterocycles. The van der Waals surface area contributed by atoms with Gasteiger partial charge in [-0.15, -0.1) is 11.3 Å². The second kappa shape index (κ2) is 24.8. The van der Waals surface area contributed by atoms with Crippen molar-refractivity contribution < 1.29 is 50.6 Å². The van der Waals surface area contributed by atoms with Crippen LogP contribution in [0.5, 0.6) is 0 Å². The SMILES string of the molecule is Cc1ncsc1-c1ccc(CNC(=O)C2CCCN2C(=O)C(NC(=O)COCCCOCCCOCCNC(=O)c2cc3c(cc2CS(C)(=O)=O)-c2cn(C)c(=O)c4[nH]cc(c24)CN3c2ncc(F)cc2F)C(C)(C)C)cc1. The van der Waals surface area contributed by atoms with Gasteiger partial charge in [-0.3, -0.25) is 24.0 Å². The number of pyridine rings is 2. The van der Waals surface area contributed by atoms with E-state index in [0.29, 0.717) is 86.7 Å². The summed E-state index contributed by atoms with van der Waals surface area (Å²) in [5.41, 5.74) is 6.09. The number of fused-ring (bicyclic) bond motifs is 2. The van der Waals surface area contributed by atoms with Crippen LogP contribution in [0.1, 0.15) is 79.2 Å². The average Bonchev–Trinajstić information content (AvgIpc) is 4.24. The number of aromatic amines is 1. The molecule has 0 aliphatic carbocycles. The fourth-order valence-corrected chi connectivity index (χ4v) is 11.3. The zero-order valence-electron chi connectivity index (χ0n) is 44.5. The number of sulfone groups is 1. The van der Waals surface area contributed by atoms with Gasteiger partial charge >= 0.3 is 0 Å². The van der Waals surface area contributed by atoms with E-state index in [9.17, 15) is 36.8 Å². The van der Waals surface area contributed by atoms with Crippen molar-refractivity contribution in [2.24, 2.45) is 12.5 Å². The van der Waals surface area contributed by atoms with Gasteiger partial charge in [-0.05, 0) is 72.4 Å². The number of thiazole rings is 1. The van der Waals surface area contributed by atoms with Crippen LogP contribution in [0, 0.1) is 24.0 Å². The molecule has 78 heavy (non-hydrogen) atoms. The summed E-state index contributed by atoms with van der Waals surface area (Å²) in [6.45, 7) is 9.45. The highest BCUT2D eigenvalue weighted by Crippen LogP contribution is 2.45. The van der Waals surface area contributed by atoms with Crippen molar-refractivity contribution >= 4 is 67.2 Å². The van der Waals surface area contributed by atoms with E-state index in [1.54, 1.807) is 41.7 Å². The summed E-state index contributed by atoms with van der Waals surface area (Å²) in [5.74, 6) is -4.22. The number of aryl methyl sites for hydroxylation is 2. The Morgan fingerprint density at radius 1 is 0.949 bits per heavy atom. The number of H-pyrrole nitrogens is 1. The van der Waals surface area contributed by atoms with Gasteiger partial charge in [0.1, 0.15) is 30.0 Å². The van der Waals surface area contributed by atoms with Crippen LogP contribution in [-0.4, -0.2) is 128 Å². The Bertz CT molecular complexity index is 3360. The lowest BCUT2D eigenvalue weighted by molar-refractivity contribution is -0.144. The van der Waals surface area contributed by atoms with Gasteiger partial charge in [0.05, 0.1) is 46.9 Å². The third kappa shape index (κ3) is 13.7. The summed E-state index contributed by atoms with van der Waals surface area (Å²) in [4.78, 5) is 83.0. The van der Waals surface area contributed by atoms with Crippen molar-refractivity contribution in [3.8, 4) is 21.6 Å². The maximum Gasteiger partial charge on any atom is 0.274 e. The molecule has 1 fully saturated rings. The molecule has 19 nitrogen and oxygen atoms in total. The first-order chi connectivity index (χ1) is 37.2. The fraction of sp³-hybridized carbons (Fsp3) is 0.436. The number of hydrogen-bond acceptors (Lipinski definition) is 14. The van der Waals surface area contributed by atoms with Gasteiger partial charge in [0.25, 0.3) is 11.5 Å².